The van der Waals surface area contributed by atoms with Crippen molar-refractivity contribution in [3.8, 4) is 0 Å². The van der Waals surface area contributed by atoms with Gasteiger partial charge in [-0.1, -0.05) is 36.9 Å². The van der Waals surface area contributed by atoms with Gasteiger partial charge in [-0.25, -0.2) is 10.3 Å². The number of nitrogens with zero attached hydrogens (tertiary/aromatic N) is 1. The largest absolute Gasteiger partial charge is 0.343 e. The number of carbonyl (C=O) groups is 2. The van der Waals surface area contributed by atoms with Gasteiger partial charge in [0.15, 0.2) is 0 Å². The number of benzene rings is 1. The molecule has 3 amide bonds. The Balaban J connectivity index is 1.60. The molecule has 1 saturated heterocycles. The highest BCUT2D eigenvalue weighted by Crippen LogP contribution is 2.32. The van der Waals surface area contributed by atoms with E-state index in [1.54, 1.807) is 12.1 Å². The van der Waals surface area contributed by atoms with E-state index in [-0.39, 0.29) is 11.8 Å². The molecule has 0 radical (unpaired) electrons. The molecule has 0 aromatic heterocycles. The van der Waals surface area contributed by atoms with Gasteiger partial charge in [0, 0.05) is 29.2 Å². The van der Waals surface area contributed by atoms with Gasteiger partial charge in [0.05, 0.1) is 7.11 Å². The van der Waals surface area contributed by atoms with Crippen LogP contribution in [-0.4, -0.2) is 36.5 Å². The van der Waals surface area contributed by atoms with Crippen molar-refractivity contribution >= 4 is 29.2 Å². The fraction of sp³-hybridized carbons (Fsp3) is 0.579. The van der Waals surface area contributed by atoms with Crippen LogP contribution in [0.2, 0.25) is 5.02 Å². The number of nitrogens with one attached hydrogen (secondary N) is 2. The molecule has 2 fully saturated rings. The van der Waals surface area contributed by atoms with Crippen molar-refractivity contribution in [1.82, 2.24) is 10.4 Å². The Labute approximate surface area is 159 Å². The number of hydrogen-bond donors (Lipinski definition) is 2. The van der Waals surface area contributed by atoms with E-state index in [4.69, 9.17) is 11.6 Å². The number of carbonyl (C=O) groups excluding carboxylic acids is 2. The molecule has 0 bridgehead atoms. The van der Waals surface area contributed by atoms with Crippen molar-refractivity contribution in [2.75, 3.05) is 19.0 Å². The summed E-state index contributed by atoms with van der Waals surface area (Å²) in [5, 5.41) is 3.19. The Morgan fingerprint density at radius 1 is 1.27 bits per heavy atom. The Hall–Kier alpha value is -1.79. The van der Waals surface area contributed by atoms with E-state index in [2.05, 4.69) is 20.5 Å². The first-order valence-electron chi connectivity index (χ1n) is 9.27. The summed E-state index contributed by atoms with van der Waals surface area (Å²) in [5.41, 5.74) is 3.70. The maximum atomic E-state index is 12.8. The van der Waals surface area contributed by atoms with E-state index in [0.717, 1.165) is 31.4 Å². The predicted octanol–water partition coefficient (Wildman–Crippen LogP) is 3.75. The summed E-state index contributed by atoms with van der Waals surface area (Å²) in [4.78, 5) is 30.9. The smallest absolute Gasteiger partial charge is 0.339 e. The number of urea groups is 1. The van der Waals surface area contributed by atoms with E-state index in [9.17, 15) is 9.59 Å². The monoisotopic (exact) mass is 379 g/mol. The van der Waals surface area contributed by atoms with E-state index < -0.39 is 6.03 Å². The van der Waals surface area contributed by atoms with Crippen LogP contribution in [0.5, 0.6) is 0 Å². The molecule has 2 N–H and O–H groups in total. The van der Waals surface area contributed by atoms with E-state index >= 15 is 0 Å². The number of halogens is 1. The number of anilines is 1. The number of rotatable bonds is 5. The van der Waals surface area contributed by atoms with Crippen LogP contribution in [0.3, 0.4) is 0 Å². The summed E-state index contributed by atoms with van der Waals surface area (Å²) in [6.07, 6.45) is 7.58. The molecule has 1 aliphatic heterocycles. The summed E-state index contributed by atoms with van der Waals surface area (Å²) < 4.78 is 0. The number of amides is 3. The second kappa shape index (κ2) is 8.73. The number of hydroxylamine groups is 1. The average molecular weight is 380 g/mol. The lowest BCUT2D eigenvalue weighted by Crippen LogP contribution is -2.39. The molecule has 1 aliphatic carbocycles. The molecule has 26 heavy (non-hydrogen) atoms. The molecule has 7 heteroatoms. The van der Waals surface area contributed by atoms with Crippen LogP contribution in [0.15, 0.2) is 18.2 Å². The topological polar surface area (TPSA) is 70.7 Å². The van der Waals surface area contributed by atoms with Gasteiger partial charge in [0.25, 0.3) is 0 Å². The molecule has 1 atom stereocenters. The highest BCUT2D eigenvalue weighted by molar-refractivity contribution is 6.31. The lowest BCUT2D eigenvalue weighted by atomic mass is 9.94. The Kier molecular flexibility index (Phi) is 6.38. The van der Waals surface area contributed by atoms with E-state index in [1.807, 2.05) is 6.07 Å². The first-order chi connectivity index (χ1) is 12.6. The Morgan fingerprint density at radius 3 is 2.73 bits per heavy atom. The molecular formula is C19H26ClN3O3. The predicted molar refractivity (Wildman–Crippen MR) is 101 cm³/mol. The van der Waals surface area contributed by atoms with Crippen LogP contribution in [0.1, 0.15) is 44.1 Å². The minimum absolute atomic E-state index is 0.00465. The van der Waals surface area contributed by atoms with E-state index in [1.165, 1.54) is 26.4 Å². The first kappa shape index (κ1) is 19.0. The third-order valence-electron chi connectivity index (χ3n) is 5.34. The molecule has 1 saturated carbocycles. The lowest BCUT2D eigenvalue weighted by Gasteiger charge is -2.31. The number of hydrogen-bond acceptors (Lipinski definition) is 3. The molecule has 1 aromatic rings. The fourth-order valence-electron chi connectivity index (χ4n) is 4.01. The standard InChI is InChI=1S/C19H26ClN3O3/c1-26-22-19(25)21-15-8-7-13(17(20)12-15)11-14-9-10-23(18(14)24)16-5-3-2-4-6-16/h7-8,12,14,16H,2-6,9-11H2,1H3,(H2,21,22,25). The molecular weight excluding hydrogens is 354 g/mol. The first-order valence-corrected chi connectivity index (χ1v) is 9.65. The van der Waals surface area contributed by atoms with Crippen LogP contribution in [0.25, 0.3) is 0 Å². The maximum Gasteiger partial charge on any atom is 0.343 e. The van der Waals surface area contributed by atoms with Gasteiger partial charge in [-0.05, 0) is 43.4 Å². The zero-order valence-electron chi connectivity index (χ0n) is 15.1. The molecule has 6 nitrogen and oxygen atoms in total. The average Bonchev–Trinajstić information content (AvgIpc) is 2.99. The second-order valence-corrected chi connectivity index (χ2v) is 7.49. The zero-order valence-corrected chi connectivity index (χ0v) is 15.8. The minimum atomic E-state index is -0.467. The van der Waals surface area contributed by atoms with Crippen molar-refractivity contribution in [3.63, 3.8) is 0 Å². The molecule has 1 aromatic carbocycles. The fourth-order valence-corrected chi connectivity index (χ4v) is 4.27. The summed E-state index contributed by atoms with van der Waals surface area (Å²) >= 11 is 6.37. The molecule has 1 heterocycles. The Morgan fingerprint density at radius 2 is 2.04 bits per heavy atom. The highest BCUT2D eigenvalue weighted by Gasteiger charge is 2.36. The number of likely N-dealkylation sites (tertiary alicyclic amines) is 1. The van der Waals surface area contributed by atoms with Gasteiger partial charge >= 0.3 is 6.03 Å². The third-order valence-corrected chi connectivity index (χ3v) is 5.69. The molecule has 2 aliphatic rings. The highest BCUT2D eigenvalue weighted by atomic mass is 35.5. The Bertz CT molecular complexity index is 661. The van der Waals surface area contributed by atoms with Crippen molar-refractivity contribution < 1.29 is 14.4 Å². The molecule has 142 valence electrons. The molecule has 0 spiro atoms. The van der Waals surface area contributed by atoms with E-state index in [0.29, 0.717) is 23.2 Å². The van der Waals surface area contributed by atoms with Gasteiger partial charge in [-0.3, -0.25) is 9.63 Å². The molecule has 3 rings (SSSR count). The van der Waals surface area contributed by atoms with Gasteiger partial charge < -0.3 is 10.2 Å². The maximum absolute atomic E-state index is 12.8. The summed E-state index contributed by atoms with van der Waals surface area (Å²) in [6.45, 7) is 0.864. The van der Waals surface area contributed by atoms with Crippen LogP contribution in [0, 0.1) is 5.92 Å². The summed E-state index contributed by atoms with van der Waals surface area (Å²) in [5.74, 6) is 0.277. The van der Waals surface area contributed by atoms with Gasteiger partial charge in [0.1, 0.15) is 0 Å². The van der Waals surface area contributed by atoms with Crippen LogP contribution in [-0.2, 0) is 16.1 Å². The van der Waals surface area contributed by atoms with Crippen LogP contribution >= 0.6 is 11.6 Å². The lowest BCUT2D eigenvalue weighted by molar-refractivity contribution is -0.133. The van der Waals surface area contributed by atoms with Crippen molar-refractivity contribution in [2.45, 2.75) is 51.0 Å². The van der Waals surface area contributed by atoms with Crippen LogP contribution < -0.4 is 10.8 Å². The van der Waals surface area contributed by atoms with Crippen LogP contribution in [0.4, 0.5) is 10.5 Å². The SMILES string of the molecule is CONC(=O)Nc1ccc(CC2CCN(C3CCCCC3)C2=O)c(Cl)c1. The minimum Gasteiger partial charge on any atom is -0.339 e. The second-order valence-electron chi connectivity index (χ2n) is 7.08. The van der Waals surface area contributed by atoms with Gasteiger partial charge in [-0.15, -0.1) is 0 Å². The van der Waals surface area contributed by atoms with Gasteiger partial charge in [-0.2, -0.15) is 0 Å². The summed E-state index contributed by atoms with van der Waals surface area (Å²) in [6, 6.07) is 5.33. The zero-order chi connectivity index (χ0) is 18.5. The summed E-state index contributed by atoms with van der Waals surface area (Å²) in [7, 11) is 1.37. The third kappa shape index (κ3) is 4.48. The van der Waals surface area contributed by atoms with Crippen molar-refractivity contribution in [2.24, 2.45) is 5.92 Å². The van der Waals surface area contributed by atoms with Crippen molar-refractivity contribution in [1.29, 1.82) is 0 Å². The van der Waals surface area contributed by atoms with Crippen molar-refractivity contribution in [3.05, 3.63) is 28.8 Å². The molecule has 1 unspecified atom stereocenters. The quantitative estimate of drug-likeness (QED) is 0.765. The normalized spacial score (nSPS) is 21.1. The van der Waals surface area contributed by atoms with Gasteiger partial charge in [0.2, 0.25) is 5.91 Å².